The van der Waals surface area contributed by atoms with Crippen LogP contribution in [0.5, 0.6) is 0 Å². The molecular formula is C10H11BrClNO2S. The maximum Gasteiger partial charge on any atom is 0.235 e. The molecule has 0 saturated heterocycles. The number of hydrogen-bond donors (Lipinski definition) is 1. The number of aryl methyl sites for hydroxylation is 1. The summed E-state index contributed by atoms with van der Waals surface area (Å²) in [7, 11) is -3.23. The van der Waals surface area contributed by atoms with E-state index in [1.165, 1.54) is 0 Å². The second-order valence-corrected chi connectivity index (χ2v) is 7.15. The molecule has 0 heterocycles. The summed E-state index contributed by atoms with van der Waals surface area (Å²) in [5.41, 5.74) is 1.41. The van der Waals surface area contributed by atoms with Crippen molar-refractivity contribution in [3.8, 4) is 0 Å². The number of sulfonamides is 1. The Labute approximate surface area is 108 Å². The largest absolute Gasteiger partial charge is 0.282 e. The number of anilines is 1. The average molecular weight is 325 g/mol. The van der Waals surface area contributed by atoms with E-state index in [1.54, 1.807) is 12.1 Å². The van der Waals surface area contributed by atoms with Crippen LogP contribution in [-0.4, -0.2) is 13.7 Å². The van der Waals surface area contributed by atoms with Crippen molar-refractivity contribution in [1.82, 2.24) is 0 Å². The molecule has 3 nitrogen and oxygen atoms in total. The van der Waals surface area contributed by atoms with Crippen LogP contribution >= 0.6 is 27.5 Å². The molecule has 1 aromatic carbocycles. The molecule has 0 spiro atoms. The van der Waals surface area contributed by atoms with E-state index in [4.69, 9.17) is 11.6 Å². The first-order valence-electron chi connectivity index (χ1n) is 4.87. The minimum Gasteiger partial charge on any atom is -0.282 e. The predicted octanol–water partition coefficient (Wildman–Crippen LogP) is 3.32. The predicted molar refractivity (Wildman–Crippen MR) is 69.5 cm³/mol. The normalized spacial score (nSPS) is 16.2. The Morgan fingerprint density at radius 2 is 2.06 bits per heavy atom. The number of halogens is 2. The molecule has 0 radical (unpaired) electrons. The summed E-state index contributed by atoms with van der Waals surface area (Å²) >= 11 is 9.27. The molecule has 1 aliphatic rings. The summed E-state index contributed by atoms with van der Waals surface area (Å²) < 4.78 is 26.7. The first-order valence-corrected chi connectivity index (χ1v) is 7.59. The summed E-state index contributed by atoms with van der Waals surface area (Å²) in [5, 5.41) is 0.316. The van der Waals surface area contributed by atoms with Crippen LogP contribution in [0.1, 0.15) is 18.4 Å². The third-order valence-electron chi connectivity index (χ3n) is 2.46. The van der Waals surface area contributed by atoms with Gasteiger partial charge in [-0.1, -0.05) is 11.6 Å². The lowest BCUT2D eigenvalue weighted by Gasteiger charge is -2.10. The fraction of sp³-hybridized carbons (Fsp3) is 0.400. The molecule has 2 rings (SSSR count). The molecule has 88 valence electrons. The van der Waals surface area contributed by atoms with Crippen molar-refractivity contribution in [2.24, 2.45) is 0 Å². The summed E-state index contributed by atoms with van der Waals surface area (Å²) in [6, 6.07) is 3.42. The van der Waals surface area contributed by atoms with Crippen molar-refractivity contribution < 1.29 is 8.42 Å². The monoisotopic (exact) mass is 323 g/mol. The van der Waals surface area contributed by atoms with E-state index in [2.05, 4.69) is 20.7 Å². The van der Waals surface area contributed by atoms with Gasteiger partial charge in [0.15, 0.2) is 0 Å². The van der Waals surface area contributed by atoms with Crippen LogP contribution in [0.25, 0.3) is 0 Å². The molecule has 1 N–H and O–H groups in total. The van der Waals surface area contributed by atoms with Crippen LogP contribution in [0.15, 0.2) is 16.6 Å². The smallest absolute Gasteiger partial charge is 0.235 e. The molecule has 0 bridgehead atoms. The minimum atomic E-state index is -3.23. The highest BCUT2D eigenvalue weighted by Crippen LogP contribution is 2.34. The number of benzene rings is 1. The first-order chi connectivity index (χ1) is 7.40. The minimum absolute atomic E-state index is 0.237. The zero-order valence-electron chi connectivity index (χ0n) is 8.63. The van der Waals surface area contributed by atoms with Crippen molar-refractivity contribution in [3.05, 3.63) is 27.2 Å². The lowest BCUT2D eigenvalue weighted by atomic mass is 10.2. The van der Waals surface area contributed by atoms with Gasteiger partial charge in [-0.25, -0.2) is 8.42 Å². The molecule has 6 heteroatoms. The van der Waals surface area contributed by atoms with Gasteiger partial charge in [-0.05, 0) is 53.4 Å². The average Bonchev–Trinajstić information content (AvgIpc) is 2.96. The Balaban J connectivity index is 2.31. The number of hydrogen-bond acceptors (Lipinski definition) is 2. The lowest BCUT2D eigenvalue weighted by Crippen LogP contribution is -2.17. The van der Waals surface area contributed by atoms with Crippen LogP contribution in [0, 0.1) is 6.92 Å². The Morgan fingerprint density at radius 3 is 2.62 bits per heavy atom. The SMILES string of the molecule is Cc1cc(Br)c(NS(=O)(=O)C2CC2)cc1Cl. The molecule has 0 aromatic heterocycles. The molecule has 0 aliphatic heterocycles. The van der Waals surface area contributed by atoms with E-state index in [0.717, 1.165) is 18.4 Å². The Kier molecular flexibility index (Phi) is 3.20. The molecule has 1 aromatic rings. The van der Waals surface area contributed by atoms with Crippen LogP contribution in [0.4, 0.5) is 5.69 Å². The fourth-order valence-electron chi connectivity index (χ4n) is 1.34. The van der Waals surface area contributed by atoms with Gasteiger partial charge in [-0.15, -0.1) is 0 Å². The number of nitrogens with one attached hydrogen (secondary N) is 1. The molecule has 1 aliphatic carbocycles. The molecule has 16 heavy (non-hydrogen) atoms. The third-order valence-corrected chi connectivity index (χ3v) is 5.38. The van der Waals surface area contributed by atoms with Crippen molar-refractivity contribution in [1.29, 1.82) is 0 Å². The molecule has 0 unspecified atom stereocenters. The van der Waals surface area contributed by atoms with Gasteiger partial charge in [0.05, 0.1) is 10.9 Å². The summed E-state index contributed by atoms with van der Waals surface area (Å²) in [4.78, 5) is 0. The van der Waals surface area contributed by atoms with Gasteiger partial charge in [0.1, 0.15) is 0 Å². The van der Waals surface area contributed by atoms with Gasteiger partial charge in [0, 0.05) is 9.50 Å². The second kappa shape index (κ2) is 4.20. The summed E-state index contributed by atoms with van der Waals surface area (Å²) in [6.07, 6.45) is 1.49. The highest BCUT2D eigenvalue weighted by Gasteiger charge is 2.36. The Morgan fingerprint density at radius 1 is 1.44 bits per heavy atom. The van der Waals surface area contributed by atoms with Crippen LogP contribution in [-0.2, 0) is 10.0 Å². The van der Waals surface area contributed by atoms with Gasteiger partial charge >= 0.3 is 0 Å². The highest BCUT2D eigenvalue weighted by molar-refractivity contribution is 9.10. The summed E-state index contributed by atoms with van der Waals surface area (Å²) in [6.45, 7) is 1.87. The van der Waals surface area contributed by atoms with Gasteiger partial charge in [-0.3, -0.25) is 4.72 Å². The van der Waals surface area contributed by atoms with E-state index < -0.39 is 10.0 Å². The maximum atomic E-state index is 11.7. The van der Waals surface area contributed by atoms with Crippen LogP contribution < -0.4 is 4.72 Å². The van der Waals surface area contributed by atoms with E-state index in [1.807, 2.05) is 6.92 Å². The van der Waals surface area contributed by atoms with E-state index in [9.17, 15) is 8.42 Å². The standard InChI is InChI=1S/C10H11BrClNO2S/c1-6-4-8(11)10(5-9(6)12)13-16(14,15)7-2-3-7/h4-5,7,13H,2-3H2,1H3. The zero-order chi connectivity index (χ0) is 11.9. The molecular weight excluding hydrogens is 314 g/mol. The van der Waals surface area contributed by atoms with Crippen molar-refractivity contribution in [2.75, 3.05) is 4.72 Å². The van der Waals surface area contributed by atoms with E-state index in [0.29, 0.717) is 15.2 Å². The zero-order valence-corrected chi connectivity index (χ0v) is 11.8. The lowest BCUT2D eigenvalue weighted by molar-refractivity contribution is 0.600. The first kappa shape index (κ1) is 12.2. The highest BCUT2D eigenvalue weighted by atomic mass is 79.9. The van der Waals surface area contributed by atoms with Gasteiger partial charge in [0.25, 0.3) is 0 Å². The van der Waals surface area contributed by atoms with Crippen molar-refractivity contribution in [3.63, 3.8) is 0 Å². The Bertz CT molecular complexity index is 526. The van der Waals surface area contributed by atoms with Gasteiger partial charge < -0.3 is 0 Å². The quantitative estimate of drug-likeness (QED) is 0.927. The second-order valence-electron chi connectivity index (χ2n) is 3.93. The Hall–Kier alpha value is -0.260. The molecule has 0 amide bonds. The van der Waals surface area contributed by atoms with Crippen molar-refractivity contribution >= 4 is 43.2 Å². The molecule has 1 fully saturated rings. The molecule has 0 atom stereocenters. The number of rotatable bonds is 3. The van der Waals surface area contributed by atoms with Gasteiger partial charge in [-0.2, -0.15) is 0 Å². The van der Waals surface area contributed by atoms with E-state index in [-0.39, 0.29) is 5.25 Å². The third kappa shape index (κ3) is 2.52. The molecule has 1 saturated carbocycles. The topological polar surface area (TPSA) is 46.2 Å². The summed E-state index contributed by atoms with van der Waals surface area (Å²) in [5.74, 6) is 0. The maximum absolute atomic E-state index is 11.7. The van der Waals surface area contributed by atoms with Crippen LogP contribution in [0.3, 0.4) is 0 Å². The van der Waals surface area contributed by atoms with E-state index >= 15 is 0 Å². The fourth-order valence-corrected chi connectivity index (χ4v) is 3.59. The van der Waals surface area contributed by atoms with Crippen molar-refractivity contribution in [2.45, 2.75) is 25.0 Å². The van der Waals surface area contributed by atoms with Crippen LogP contribution in [0.2, 0.25) is 5.02 Å². The van der Waals surface area contributed by atoms with Gasteiger partial charge in [0.2, 0.25) is 10.0 Å².